The number of rotatable bonds is 5. The second-order valence-electron chi connectivity index (χ2n) is 5.37. The predicted molar refractivity (Wildman–Crippen MR) is 103 cm³/mol. The first-order chi connectivity index (χ1) is 12.6. The first-order valence-electron chi connectivity index (χ1n) is 8.23. The van der Waals surface area contributed by atoms with Gasteiger partial charge in [0.2, 0.25) is 0 Å². The number of carbonyl (C=O) groups is 4. The molecule has 0 unspecified atom stereocenters. The summed E-state index contributed by atoms with van der Waals surface area (Å²) in [5.41, 5.74) is 4.13. The first kappa shape index (κ1) is 32.7. The lowest BCUT2D eigenvalue weighted by atomic mass is 9.96. The zero-order chi connectivity index (χ0) is 22.0. The van der Waals surface area contributed by atoms with Crippen LogP contribution in [0, 0.1) is 0 Å². The average Bonchev–Trinajstić information content (AvgIpc) is 2.57. The van der Waals surface area contributed by atoms with E-state index in [1.54, 1.807) is 0 Å². The third kappa shape index (κ3) is 16.6. The summed E-state index contributed by atoms with van der Waals surface area (Å²) in [4.78, 5) is 56.0. The molecule has 0 aromatic carbocycles. The van der Waals surface area contributed by atoms with Crippen LogP contribution in [0.15, 0.2) is 22.5 Å². The van der Waals surface area contributed by atoms with Gasteiger partial charge in [0.05, 0.1) is 18.6 Å². The molecule has 0 bridgehead atoms. The Kier molecular flexibility index (Phi) is 23.9. The minimum Gasteiger partial charge on any atom is -0.463 e. The molecule has 9 nitrogen and oxygen atoms in total. The van der Waals surface area contributed by atoms with Crippen molar-refractivity contribution in [3.63, 3.8) is 0 Å². The number of ether oxygens (including phenoxy) is 1. The van der Waals surface area contributed by atoms with Crippen LogP contribution in [0.2, 0.25) is 0 Å². The molecule has 0 aromatic rings. The fourth-order valence-electron chi connectivity index (χ4n) is 2.11. The molecule has 4 N–H and O–H groups in total. The zero-order valence-corrected chi connectivity index (χ0v) is 17.6. The Morgan fingerprint density at radius 3 is 1.75 bits per heavy atom. The largest absolute Gasteiger partial charge is 0.463 e. The SMILES string of the molecule is C=O.CC(=O)CC(C)=O.CCOC(=O)C1=C(C)NC(C)=C(CC)C1.N.O=C=O. The van der Waals surface area contributed by atoms with Crippen LogP contribution in [0.25, 0.3) is 0 Å². The van der Waals surface area contributed by atoms with Crippen LogP contribution >= 0.6 is 0 Å². The molecule has 0 saturated heterocycles. The first-order valence-corrected chi connectivity index (χ1v) is 8.23. The molecule has 9 heteroatoms. The van der Waals surface area contributed by atoms with Gasteiger partial charge < -0.3 is 21.0 Å². The van der Waals surface area contributed by atoms with Gasteiger partial charge >= 0.3 is 12.1 Å². The summed E-state index contributed by atoms with van der Waals surface area (Å²) in [6, 6.07) is 0. The van der Waals surface area contributed by atoms with Gasteiger partial charge in [0.25, 0.3) is 0 Å². The summed E-state index contributed by atoms with van der Waals surface area (Å²) in [6.45, 7) is 13.1. The molecule has 160 valence electrons. The van der Waals surface area contributed by atoms with Gasteiger partial charge in [0.15, 0.2) is 0 Å². The van der Waals surface area contributed by atoms with Crippen LogP contribution in [0.1, 0.15) is 60.8 Å². The summed E-state index contributed by atoms with van der Waals surface area (Å²) in [7, 11) is 0. The summed E-state index contributed by atoms with van der Waals surface area (Å²) in [5.74, 6) is -0.319. The molecular weight excluding hydrogens is 368 g/mol. The van der Waals surface area contributed by atoms with Crippen LogP contribution in [-0.4, -0.2) is 37.1 Å². The Morgan fingerprint density at radius 2 is 1.46 bits per heavy atom. The van der Waals surface area contributed by atoms with Crippen molar-refractivity contribution in [2.24, 2.45) is 0 Å². The standard InChI is InChI=1S/C12H19NO2.C5H8O2.CO2.CH2O.H3N/c1-5-10-7-11(12(14)15-6-2)9(4)13-8(10)3;1-4(6)3-5(2)7;2-1-3;1-2;/h13H,5-7H2,1-4H3;3H2,1-2H3;;1H2;1H3. The van der Waals surface area contributed by atoms with Crippen LogP contribution in [0.5, 0.6) is 0 Å². The Labute approximate surface area is 166 Å². The number of hydrogen-bond acceptors (Lipinski definition) is 9. The molecule has 0 aromatic heterocycles. The highest BCUT2D eigenvalue weighted by Crippen LogP contribution is 2.25. The van der Waals surface area contributed by atoms with Crippen LogP contribution in [0.4, 0.5) is 0 Å². The van der Waals surface area contributed by atoms with Crippen LogP contribution in [0.3, 0.4) is 0 Å². The van der Waals surface area contributed by atoms with Gasteiger partial charge in [-0.2, -0.15) is 9.59 Å². The Morgan fingerprint density at radius 1 is 1.04 bits per heavy atom. The molecule has 0 fully saturated rings. The predicted octanol–water partition coefficient (Wildman–Crippen LogP) is 2.45. The van der Waals surface area contributed by atoms with E-state index in [0.29, 0.717) is 6.61 Å². The number of Topliss-reactive ketones (excluding diaryl/α,β-unsaturated/α-hetero) is 2. The van der Waals surface area contributed by atoms with Crippen LogP contribution in [-0.2, 0) is 33.5 Å². The lowest BCUT2D eigenvalue weighted by Gasteiger charge is -2.22. The quantitative estimate of drug-likeness (QED) is 0.522. The van der Waals surface area contributed by atoms with E-state index in [2.05, 4.69) is 12.2 Å². The number of allylic oxidation sites excluding steroid dienone is 3. The fourth-order valence-corrected chi connectivity index (χ4v) is 2.11. The van der Waals surface area contributed by atoms with E-state index in [9.17, 15) is 14.4 Å². The highest BCUT2D eigenvalue weighted by molar-refractivity contribution is 5.96. The van der Waals surface area contributed by atoms with Crippen molar-refractivity contribution in [2.75, 3.05) is 6.61 Å². The Balaban J connectivity index is -0.000000187. The Hall–Kier alpha value is -2.90. The third-order valence-corrected chi connectivity index (χ3v) is 3.19. The van der Waals surface area contributed by atoms with E-state index in [1.807, 2.05) is 27.6 Å². The van der Waals surface area contributed by atoms with E-state index in [-0.39, 0.29) is 36.3 Å². The van der Waals surface area contributed by atoms with Crippen molar-refractivity contribution >= 4 is 30.5 Å². The maximum atomic E-state index is 11.6. The molecule has 1 aliphatic rings. The number of dihydropyridines is 1. The normalized spacial score (nSPS) is 11.4. The lowest BCUT2D eigenvalue weighted by molar-refractivity contribution is -0.191. The molecule has 1 aliphatic heterocycles. The molecule has 1 rings (SSSR count). The van der Waals surface area contributed by atoms with E-state index in [1.165, 1.54) is 25.1 Å². The number of esters is 1. The summed E-state index contributed by atoms with van der Waals surface area (Å²) < 4.78 is 5.02. The number of ketones is 2. The van der Waals surface area contributed by atoms with Crippen molar-refractivity contribution in [3.8, 4) is 0 Å². The van der Waals surface area contributed by atoms with E-state index < -0.39 is 0 Å². The van der Waals surface area contributed by atoms with Gasteiger partial charge in [-0.25, -0.2) is 4.79 Å². The maximum Gasteiger partial charge on any atom is 0.373 e. The highest BCUT2D eigenvalue weighted by atomic mass is 16.5. The summed E-state index contributed by atoms with van der Waals surface area (Å²) in [6.07, 6.45) is 2.02. The van der Waals surface area contributed by atoms with Crippen molar-refractivity contribution in [2.45, 2.75) is 60.8 Å². The van der Waals surface area contributed by atoms with E-state index in [0.717, 1.165) is 24.1 Å². The molecule has 0 saturated carbocycles. The average molecular weight is 400 g/mol. The second kappa shape index (κ2) is 20.4. The molecule has 0 radical (unpaired) electrons. The summed E-state index contributed by atoms with van der Waals surface area (Å²) >= 11 is 0. The van der Waals surface area contributed by atoms with Gasteiger partial charge in [0.1, 0.15) is 18.4 Å². The molecular formula is C19H32N2O7. The molecule has 0 atom stereocenters. The van der Waals surface area contributed by atoms with Crippen LogP contribution < -0.4 is 11.5 Å². The van der Waals surface area contributed by atoms with Crippen molar-refractivity contribution in [1.82, 2.24) is 11.5 Å². The topological polar surface area (TPSA) is 159 Å². The molecule has 28 heavy (non-hydrogen) atoms. The second-order valence-corrected chi connectivity index (χ2v) is 5.37. The van der Waals surface area contributed by atoms with E-state index >= 15 is 0 Å². The molecule has 1 heterocycles. The van der Waals surface area contributed by atoms with Gasteiger partial charge in [-0.15, -0.1) is 0 Å². The number of carbonyl (C=O) groups excluding carboxylic acids is 6. The highest BCUT2D eigenvalue weighted by Gasteiger charge is 2.20. The maximum absolute atomic E-state index is 11.6. The summed E-state index contributed by atoms with van der Waals surface area (Å²) in [5, 5.41) is 3.23. The molecule has 0 spiro atoms. The monoisotopic (exact) mass is 400 g/mol. The van der Waals surface area contributed by atoms with Gasteiger partial charge in [-0.3, -0.25) is 9.59 Å². The molecule has 0 amide bonds. The smallest absolute Gasteiger partial charge is 0.373 e. The van der Waals surface area contributed by atoms with Gasteiger partial charge in [0, 0.05) is 17.8 Å². The lowest BCUT2D eigenvalue weighted by Crippen LogP contribution is -2.23. The van der Waals surface area contributed by atoms with Gasteiger partial charge in [-0.1, -0.05) is 6.92 Å². The number of nitrogens with one attached hydrogen (secondary N) is 1. The van der Waals surface area contributed by atoms with Crippen molar-refractivity contribution in [1.29, 1.82) is 0 Å². The zero-order valence-electron chi connectivity index (χ0n) is 17.6. The molecule has 0 aliphatic carbocycles. The minimum atomic E-state index is -0.194. The third-order valence-electron chi connectivity index (χ3n) is 3.19. The van der Waals surface area contributed by atoms with E-state index in [4.69, 9.17) is 19.1 Å². The Bertz CT molecular complexity index is 589. The number of hydrogen-bond donors (Lipinski definition) is 2. The fraction of sp³-hybridized carbons (Fsp3) is 0.526. The van der Waals surface area contributed by atoms with Crippen molar-refractivity contribution in [3.05, 3.63) is 22.5 Å². The van der Waals surface area contributed by atoms with Crippen molar-refractivity contribution < 1.29 is 33.5 Å². The minimum absolute atomic E-state index is 0. The van der Waals surface area contributed by atoms with Gasteiger partial charge in [-0.05, 0) is 46.6 Å².